The second-order valence-electron chi connectivity index (χ2n) is 6.26. The third kappa shape index (κ3) is 3.81. The molecule has 1 aliphatic rings. The maximum Gasteiger partial charge on any atom is 0.323 e. The van der Waals surface area contributed by atoms with Crippen LogP contribution in [0.5, 0.6) is 11.5 Å². The molecule has 0 bridgehead atoms. The summed E-state index contributed by atoms with van der Waals surface area (Å²) in [5.74, 6) is 0.389. The Morgan fingerprint density at radius 1 is 1.35 bits per heavy atom. The van der Waals surface area contributed by atoms with Crippen LogP contribution in [0.3, 0.4) is 0 Å². The molecule has 1 aromatic carbocycles. The largest absolute Gasteiger partial charge is 0.493 e. The average molecular weight is 322 g/mol. The first-order valence-electron chi connectivity index (χ1n) is 7.93. The summed E-state index contributed by atoms with van der Waals surface area (Å²) < 4.78 is 10.7. The van der Waals surface area contributed by atoms with Gasteiger partial charge in [-0.05, 0) is 13.3 Å². The molecule has 0 fully saturated rings. The predicted octanol–water partition coefficient (Wildman–Crippen LogP) is 2.97. The summed E-state index contributed by atoms with van der Waals surface area (Å²) in [5, 5.41) is 12.8. The second kappa shape index (κ2) is 6.98. The summed E-state index contributed by atoms with van der Waals surface area (Å²) in [6.07, 6.45) is 3.18. The van der Waals surface area contributed by atoms with E-state index < -0.39 is 5.97 Å². The average Bonchev–Trinajstić information content (AvgIpc) is 2.51. The molecule has 0 spiro atoms. The molecule has 1 aromatic rings. The van der Waals surface area contributed by atoms with Crippen LogP contribution in [0, 0.1) is 0 Å². The van der Waals surface area contributed by atoms with E-state index in [1.807, 2.05) is 17.0 Å². The number of carbonyl (C=O) groups is 1. The van der Waals surface area contributed by atoms with Crippen molar-refractivity contribution in [1.29, 1.82) is 0 Å². The fraction of sp³-hybridized carbons (Fsp3) is 0.588. The molecule has 0 aliphatic carbocycles. The highest BCUT2D eigenvalue weighted by atomic mass is 16.5. The fourth-order valence-electron chi connectivity index (χ4n) is 3.11. The van der Waals surface area contributed by atoms with Crippen LogP contribution >= 0.6 is 0 Å². The SMILES string of the molecule is CCCCC1(C)CN(CC(=O)O)c2cc(OC)c(OC)cc2N1. The molecule has 0 aromatic heterocycles. The minimum absolute atomic E-state index is 0.0358. The highest BCUT2D eigenvalue weighted by Crippen LogP contribution is 2.43. The van der Waals surface area contributed by atoms with Crippen molar-refractivity contribution in [3.8, 4) is 11.5 Å². The maximum atomic E-state index is 11.3. The summed E-state index contributed by atoms with van der Waals surface area (Å²) in [7, 11) is 3.17. The first-order valence-corrected chi connectivity index (χ1v) is 7.93. The van der Waals surface area contributed by atoms with Crippen LogP contribution in [0.2, 0.25) is 0 Å². The van der Waals surface area contributed by atoms with Crippen LogP contribution in [-0.2, 0) is 4.79 Å². The zero-order valence-corrected chi connectivity index (χ0v) is 14.3. The number of nitrogens with zero attached hydrogens (tertiary/aromatic N) is 1. The van der Waals surface area contributed by atoms with Gasteiger partial charge in [-0.2, -0.15) is 0 Å². The Kier molecular flexibility index (Phi) is 5.23. The number of hydrogen-bond donors (Lipinski definition) is 2. The number of unbranched alkanes of at least 4 members (excludes halogenated alkanes) is 1. The van der Waals surface area contributed by atoms with Gasteiger partial charge >= 0.3 is 5.97 Å². The van der Waals surface area contributed by atoms with Crippen molar-refractivity contribution in [3.63, 3.8) is 0 Å². The number of rotatable bonds is 7. The standard InChI is InChI=1S/C17H26N2O4/c1-5-6-7-17(2)11-19(10-16(20)21)13-9-15(23-4)14(22-3)8-12(13)18-17/h8-9,18H,5-7,10-11H2,1-4H3,(H,20,21). The fourth-order valence-corrected chi connectivity index (χ4v) is 3.11. The molecule has 1 heterocycles. The van der Waals surface area contributed by atoms with Gasteiger partial charge < -0.3 is 24.8 Å². The highest BCUT2D eigenvalue weighted by molar-refractivity contribution is 5.82. The molecular weight excluding hydrogens is 296 g/mol. The smallest absolute Gasteiger partial charge is 0.323 e. The van der Waals surface area contributed by atoms with Crippen molar-refractivity contribution >= 4 is 17.3 Å². The predicted molar refractivity (Wildman–Crippen MR) is 90.9 cm³/mol. The number of benzene rings is 1. The van der Waals surface area contributed by atoms with Crippen LogP contribution in [0.1, 0.15) is 33.1 Å². The van der Waals surface area contributed by atoms with Crippen LogP contribution < -0.4 is 19.7 Å². The van der Waals surface area contributed by atoms with E-state index in [0.29, 0.717) is 18.0 Å². The van der Waals surface area contributed by atoms with Gasteiger partial charge in [-0.3, -0.25) is 4.79 Å². The summed E-state index contributed by atoms with van der Waals surface area (Å²) in [6, 6.07) is 3.72. The molecule has 0 radical (unpaired) electrons. The van der Waals surface area contributed by atoms with Crippen molar-refractivity contribution < 1.29 is 19.4 Å². The lowest BCUT2D eigenvalue weighted by Gasteiger charge is -2.44. The third-order valence-electron chi connectivity index (χ3n) is 4.23. The molecule has 2 rings (SSSR count). The molecule has 1 unspecified atom stereocenters. The van der Waals surface area contributed by atoms with Gasteiger partial charge in [0.05, 0.1) is 31.1 Å². The zero-order valence-electron chi connectivity index (χ0n) is 14.3. The van der Waals surface area contributed by atoms with Gasteiger partial charge in [0.2, 0.25) is 0 Å². The van der Waals surface area contributed by atoms with E-state index in [-0.39, 0.29) is 12.1 Å². The van der Waals surface area contributed by atoms with Crippen molar-refractivity contribution in [2.75, 3.05) is 37.5 Å². The van der Waals surface area contributed by atoms with E-state index in [2.05, 4.69) is 19.2 Å². The van der Waals surface area contributed by atoms with E-state index >= 15 is 0 Å². The molecule has 23 heavy (non-hydrogen) atoms. The number of fused-ring (bicyclic) bond motifs is 1. The van der Waals surface area contributed by atoms with Crippen molar-refractivity contribution in [1.82, 2.24) is 0 Å². The lowest BCUT2D eigenvalue weighted by molar-refractivity contribution is -0.135. The van der Waals surface area contributed by atoms with Crippen molar-refractivity contribution in [3.05, 3.63) is 12.1 Å². The Morgan fingerprint density at radius 3 is 2.57 bits per heavy atom. The van der Waals surface area contributed by atoms with Crippen LogP contribution in [0.4, 0.5) is 11.4 Å². The zero-order chi connectivity index (χ0) is 17.0. The van der Waals surface area contributed by atoms with Gasteiger partial charge in [-0.15, -0.1) is 0 Å². The van der Waals surface area contributed by atoms with Gasteiger partial charge in [0.15, 0.2) is 11.5 Å². The summed E-state index contributed by atoms with van der Waals surface area (Å²) in [5.41, 5.74) is 1.55. The molecule has 0 saturated heterocycles. The number of aliphatic carboxylic acids is 1. The molecule has 0 amide bonds. The Bertz CT molecular complexity index is 576. The molecule has 0 saturated carbocycles. The number of anilines is 2. The Morgan fingerprint density at radius 2 is 2.00 bits per heavy atom. The Hall–Kier alpha value is -2.11. The maximum absolute atomic E-state index is 11.3. The molecule has 1 atom stereocenters. The number of carboxylic acids is 1. The minimum atomic E-state index is -0.842. The number of carboxylic acid groups (broad SMARTS) is 1. The second-order valence-corrected chi connectivity index (χ2v) is 6.26. The van der Waals surface area contributed by atoms with Crippen LogP contribution in [-0.4, -0.2) is 43.9 Å². The van der Waals surface area contributed by atoms with E-state index in [4.69, 9.17) is 9.47 Å². The molecule has 128 valence electrons. The first kappa shape index (κ1) is 17.2. The van der Waals surface area contributed by atoms with Crippen LogP contribution in [0.25, 0.3) is 0 Å². The quantitative estimate of drug-likeness (QED) is 0.804. The Labute approximate surface area is 137 Å². The molecule has 6 nitrogen and oxygen atoms in total. The van der Waals surface area contributed by atoms with E-state index in [0.717, 1.165) is 30.6 Å². The summed E-state index contributed by atoms with van der Waals surface area (Å²) in [6.45, 7) is 4.90. The topological polar surface area (TPSA) is 71.0 Å². The van der Waals surface area contributed by atoms with Crippen LogP contribution in [0.15, 0.2) is 12.1 Å². The first-order chi connectivity index (χ1) is 10.9. The van der Waals surface area contributed by atoms with Gasteiger partial charge in [0.1, 0.15) is 6.54 Å². The molecule has 2 N–H and O–H groups in total. The lowest BCUT2D eigenvalue weighted by Crippen LogP contribution is -2.51. The summed E-state index contributed by atoms with van der Waals surface area (Å²) in [4.78, 5) is 13.2. The lowest BCUT2D eigenvalue weighted by atomic mass is 9.90. The minimum Gasteiger partial charge on any atom is -0.493 e. The monoisotopic (exact) mass is 322 g/mol. The van der Waals surface area contributed by atoms with Gasteiger partial charge in [-0.1, -0.05) is 19.8 Å². The number of methoxy groups -OCH3 is 2. The highest BCUT2D eigenvalue weighted by Gasteiger charge is 2.34. The number of hydrogen-bond acceptors (Lipinski definition) is 5. The van der Waals surface area contributed by atoms with Crippen molar-refractivity contribution in [2.24, 2.45) is 0 Å². The van der Waals surface area contributed by atoms with Gasteiger partial charge in [-0.25, -0.2) is 0 Å². The van der Waals surface area contributed by atoms with E-state index in [9.17, 15) is 9.90 Å². The van der Waals surface area contributed by atoms with Crippen molar-refractivity contribution in [2.45, 2.75) is 38.6 Å². The van der Waals surface area contributed by atoms with Gasteiger partial charge in [0.25, 0.3) is 0 Å². The molecular formula is C17H26N2O4. The third-order valence-corrected chi connectivity index (χ3v) is 4.23. The molecule has 6 heteroatoms. The Balaban J connectivity index is 2.43. The summed E-state index contributed by atoms with van der Waals surface area (Å²) >= 11 is 0. The molecule has 1 aliphatic heterocycles. The number of nitrogens with one attached hydrogen (secondary N) is 1. The van der Waals surface area contributed by atoms with E-state index in [1.165, 1.54) is 0 Å². The van der Waals surface area contributed by atoms with Gasteiger partial charge in [0, 0.05) is 18.7 Å². The van der Waals surface area contributed by atoms with E-state index in [1.54, 1.807) is 14.2 Å². The normalized spacial score (nSPS) is 19.7. The number of ether oxygens (including phenoxy) is 2.